The van der Waals surface area contributed by atoms with Gasteiger partial charge in [-0.15, -0.1) is 0 Å². The van der Waals surface area contributed by atoms with Crippen molar-refractivity contribution in [1.29, 1.82) is 0 Å². The van der Waals surface area contributed by atoms with Crippen molar-refractivity contribution in [3.05, 3.63) is 29.6 Å². The largest absolute Gasteiger partial charge is 0.330 e. The monoisotopic (exact) mass is 168 g/mol. The molecule has 2 N–H and O–H groups in total. The molecule has 0 fully saturated rings. The minimum absolute atomic E-state index is 0.366. The van der Waals surface area contributed by atoms with Crippen LogP contribution in [0.4, 0.5) is 4.39 Å². The lowest BCUT2D eigenvalue weighted by atomic mass is 10.1. The maximum Gasteiger partial charge on any atom is 0.128 e. The topological polar surface area (TPSA) is 38.9 Å². The number of aryl methyl sites for hydroxylation is 1. The molecule has 1 aromatic heterocycles. The molecule has 0 saturated heterocycles. The molecule has 1 atom stereocenters. The first-order valence-corrected chi connectivity index (χ1v) is 3.99. The zero-order chi connectivity index (χ0) is 8.97. The zero-order valence-corrected chi connectivity index (χ0v) is 7.13. The highest BCUT2D eigenvalue weighted by Gasteiger charge is 2.08. The molecule has 1 heterocycles. The Morgan fingerprint density at radius 3 is 2.92 bits per heavy atom. The molecule has 12 heavy (non-hydrogen) atoms. The summed E-state index contributed by atoms with van der Waals surface area (Å²) in [5.41, 5.74) is 6.85. The van der Waals surface area contributed by atoms with E-state index in [-0.39, 0.29) is 0 Å². The molecule has 0 aliphatic rings. The van der Waals surface area contributed by atoms with Gasteiger partial charge in [-0.1, -0.05) is 6.07 Å². The van der Waals surface area contributed by atoms with Gasteiger partial charge in [-0.25, -0.2) is 4.39 Å². The van der Waals surface area contributed by atoms with Gasteiger partial charge in [0.1, 0.15) is 6.17 Å². The first-order valence-electron chi connectivity index (χ1n) is 3.99. The Balaban J connectivity index is 2.73. The van der Waals surface area contributed by atoms with Crippen LogP contribution in [0.2, 0.25) is 0 Å². The number of alkyl halides is 1. The summed E-state index contributed by atoms with van der Waals surface area (Å²) < 4.78 is 13.2. The van der Waals surface area contributed by atoms with Crippen molar-refractivity contribution >= 4 is 0 Å². The molecule has 66 valence electrons. The van der Waals surface area contributed by atoms with Crippen molar-refractivity contribution in [2.24, 2.45) is 5.73 Å². The van der Waals surface area contributed by atoms with Gasteiger partial charge < -0.3 is 5.73 Å². The summed E-state index contributed by atoms with van der Waals surface area (Å²) in [5.74, 6) is 0. The summed E-state index contributed by atoms with van der Waals surface area (Å²) in [6, 6.07) is 1.80. The number of pyridine rings is 1. The highest BCUT2D eigenvalue weighted by Crippen LogP contribution is 2.19. The van der Waals surface area contributed by atoms with Gasteiger partial charge in [0.15, 0.2) is 0 Å². The van der Waals surface area contributed by atoms with Crippen LogP contribution in [0.1, 0.15) is 23.7 Å². The van der Waals surface area contributed by atoms with E-state index in [1.54, 1.807) is 18.5 Å². The molecule has 0 bridgehead atoms. The summed E-state index contributed by atoms with van der Waals surface area (Å²) in [4.78, 5) is 3.91. The van der Waals surface area contributed by atoms with Crippen LogP contribution >= 0.6 is 0 Å². The molecular weight excluding hydrogens is 155 g/mol. The Hall–Kier alpha value is -0.960. The van der Waals surface area contributed by atoms with E-state index >= 15 is 0 Å². The van der Waals surface area contributed by atoms with E-state index in [2.05, 4.69) is 4.98 Å². The molecule has 0 spiro atoms. The highest BCUT2D eigenvalue weighted by molar-refractivity contribution is 5.18. The summed E-state index contributed by atoms with van der Waals surface area (Å²) in [6.07, 6.45) is 2.65. The van der Waals surface area contributed by atoms with Crippen LogP contribution in [0.25, 0.3) is 0 Å². The van der Waals surface area contributed by atoms with Gasteiger partial charge >= 0.3 is 0 Å². The fourth-order valence-corrected chi connectivity index (χ4v) is 1.06. The van der Waals surface area contributed by atoms with Gasteiger partial charge in [0.25, 0.3) is 0 Å². The van der Waals surface area contributed by atoms with Crippen LogP contribution in [0.15, 0.2) is 18.5 Å². The van der Waals surface area contributed by atoms with E-state index in [1.165, 1.54) is 0 Å². The molecule has 0 aromatic carbocycles. The lowest BCUT2D eigenvalue weighted by Gasteiger charge is -2.06. The van der Waals surface area contributed by atoms with Crippen LogP contribution in [0, 0.1) is 6.92 Å². The standard InChI is InChI=1S/C9H13FN2/c1-7-4-8(6-12-5-7)9(10)2-3-11/h4-6,9H,2-3,11H2,1H3. The number of nitrogens with zero attached hydrogens (tertiary/aromatic N) is 1. The molecule has 1 rings (SSSR count). The third kappa shape index (κ3) is 2.27. The zero-order valence-electron chi connectivity index (χ0n) is 7.13. The first kappa shape index (κ1) is 9.13. The molecular formula is C9H13FN2. The Morgan fingerprint density at radius 2 is 2.33 bits per heavy atom. The molecule has 0 aliphatic heterocycles. The van der Waals surface area contributed by atoms with Crippen LogP contribution in [-0.2, 0) is 0 Å². The minimum Gasteiger partial charge on any atom is -0.330 e. The molecule has 1 aromatic rings. The van der Waals surface area contributed by atoms with Crippen LogP contribution in [0.5, 0.6) is 0 Å². The number of aromatic nitrogens is 1. The van der Waals surface area contributed by atoms with Gasteiger partial charge in [-0.05, 0) is 25.5 Å². The van der Waals surface area contributed by atoms with Gasteiger partial charge in [-0.3, -0.25) is 4.98 Å². The van der Waals surface area contributed by atoms with Crippen molar-refractivity contribution < 1.29 is 4.39 Å². The maximum absolute atomic E-state index is 13.2. The predicted molar refractivity (Wildman–Crippen MR) is 46.5 cm³/mol. The summed E-state index contributed by atoms with van der Waals surface area (Å²) in [7, 11) is 0. The van der Waals surface area contributed by atoms with E-state index in [0.717, 1.165) is 5.56 Å². The summed E-state index contributed by atoms with van der Waals surface area (Å²) >= 11 is 0. The highest BCUT2D eigenvalue weighted by atomic mass is 19.1. The summed E-state index contributed by atoms with van der Waals surface area (Å²) in [5, 5.41) is 0. The SMILES string of the molecule is Cc1cncc(C(F)CCN)c1. The third-order valence-electron chi connectivity index (χ3n) is 1.68. The molecule has 0 amide bonds. The smallest absolute Gasteiger partial charge is 0.128 e. The summed E-state index contributed by atoms with van der Waals surface area (Å²) in [6.45, 7) is 2.26. The van der Waals surface area contributed by atoms with Gasteiger partial charge in [-0.2, -0.15) is 0 Å². The fourth-order valence-electron chi connectivity index (χ4n) is 1.06. The maximum atomic E-state index is 13.2. The van der Waals surface area contributed by atoms with Crippen LogP contribution in [-0.4, -0.2) is 11.5 Å². The van der Waals surface area contributed by atoms with Crippen molar-refractivity contribution in [2.75, 3.05) is 6.54 Å². The second-order valence-corrected chi connectivity index (χ2v) is 2.84. The molecule has 1 unspecified atom stereocenters. The van der Waals surface area contributed by atoms with Crippen molar-refractivity contribution in [3.8, 4) is 0 Å². The number of hydrogen-bond acceptors (Lipinski definition) is 2. The minimum atomic E-state index is -0.970. The second-order valence-electron chi connectivity index (χ2n) is 2.84. The number of rotatable bonds is 3. The van der Waals surface area contributed by atoms with Gasteiger partial charge in [0.05, 0.1) is 0 Å². The van der Waals surface area contributed by atoms with Gasteiger partial charge in [0.2, 0.25) is 0 Å². The number of halogens is 1. The lowest BCUT2D eigenvalue weighted by Crippen LogP contribution is -2.04. The Kier molecular flexibility index (Phi) is 3.17. The molecule has 0 saturated carbocycles. The first-order chi connectivity index (χ1) is 5.74. The van der Waals surface area contributed by atoms with Crippen molar-refractivity contribution in [2.45, 2.75) is 19.5 Å². The molecule has 2 nitrogen and oxygen atoms in total. The Bertz CT molecular complexity index is 250. The van der Waals surface area contributed by atoms with Crippen LogP contribution < -0.4 is 5.73 Å². The van der Waals surface area contributed by atoms with E-state index in [9.17, 15) is 4.39 Å². The quantitative estimate of drug-likeness (QED) is 0.746. The second kappa shape index (κ2) is 4.16. The molecule has 3 heteroatoms. The normalized spacial score (nSPS) is 12.9. The predicted octanol–water partition coefficient (Wildman–Crippen LogP) is 1.75. The van der Waals surface area contributed by atoms with E-state index in [1.807, 2.05) is 6.92 Å². The fraction of sp³-hybridized carbons (Fsp3) is 0.444. The van der Waals surface area contributed by atoms with E-state index < -0.39 is 6.17 Å². The average Bonchev–Trinajstić information content (AvgIpc) is 2.05. The van der Waals surface area contributed by atoms with Gasteiger partial charge in [0, 0.05) is 18.0 Å². The molecule has 0 radical (unpaired) electrons. The number of hydrogen-bond donors (Lipinski definition) is 1. The van der Waals surface area contributed by atoms with Crippen molar-refractivity contribution in [3.63, 3.8) is 0 Å². The van der Waals surface area contributed by atoms with Crippen LogP contribution in [0.3, 0.4) is 0 Å². The third-order valence-corrected chi connectivity index (χ3v) is 1.68. The lowest BCUT2D eigenvalue weighted by molar-refractivity contribution is 0.327. The molecule has 0 aliphatic carbocycles. The van der Waals surface area contributed by atoms with Crippen molar-refractivity contribution in [1.82, 2.24) is 4.98 Å². The Morgan fingerprint density at radius 1 is 1.58 bits per heavy atom. The van der Waals surface area contributed by atoms with E-state index in [4.69, 9.17) is 5.73 Å². The van der Waals surface area contributed by atoms with E-state index in [0.29, 0.717) is 18.5 Å². The average molecular weight is 168 g/mol. The number of nitrogens with two attached hydrogens (primary N) is 1. The Labute approximate surface area is 71.6 Å².